The van der Waals surface area contributed by atoms with Crippen LogP contribution in [0.5, 0.6) is 0 Å². The first-order valence-corrected chi connectivity index (χ1v) is 16.1. The molecule has 0 aromatic heterocycles. The van der Waals surface area contributed by atoms with Crippen LogP contribution in [0.2, 0.25) is 10.0 Å². The highest BCUT2D eigenvalue weighted by molar-refractivity contribution is 7.89. The monoisotopic (exact) mass is 646 g/mol. The van der Waals surface area contributed by atoms with Gasteiger partial charge in [0.1, 0.15) is 5.82 Å². The molecule has 0 spiro atoms. The van der Waals surface area contributed by atoms with Crippen LogP contribution >= 0.6 is 23.2 Å². The maximum absolute atomic E-state index is 13.9. The van der Waals surface area contributed by atoms with E-state index in [9.17, 15) is 22.7 Å². The number of benzene rings is 2. The number of nitrogens with zero attached hydrogens (tertiary/aromatic N) is 3. The first-order valence-electron chi connectivity index (χ1n) is 13.9. The third-order valence-corrected chi connectivity index (χ3v) is 9.98. The van der Waals surface area contributed by atoms with Gasteiger partial charge in [0.2, 0.25) is 10.0 Å². The molecule has 2 heterocycles. The third-order valence-electron chi connectivity index (χ3n) is 7.53. The number of morpholine rings is 2. The van der Waals surface area contributed by atoms with Gasteiger partial charge in [-0.25, -0.2) is 12.8 Å². The first-order chi connectivity index (χ1) is 20.1. The van der Waals surface area contributed by atoms with E-state index in [1.165, 1.54) is 16.4 Å². The average molecular weight is 648 g/mol. The molecule has 0 aliphatic carbocycles. The van der Waals surface area contributed by atoms with Crippen LogP contribution in [0.4, 0.5) is 4.39 Å². The number of aliphatic carboxylic acids is 1. The van der Waals surface area contributed by atoms with Gasteiger partial charge in [-0.15, -0.1) is 0 Å². The summed E-state index contributed by atoms with van der Waals surface area (Å²) in [6, 6.07) is 8.54. The number of hydrogen-bond donors (Lipinski definition) is 2. The number of nitrogens with one attached hydrogen (secondary N) is 1. The Labute approximate surface area is 256 Å². The fraction of sp³-hybridized carbons (Fsp3) is 0.536. The normalized spacial score (nSPS) is 18.7. The van der Waals surface area contributed by atoms with Crippen LogP contribution in [-0.4, -0.2) is 119 Å². The average Bonchev–Trinajstić information content (AvgIpc) is 2.97. The lowest BCUT2D eigenvalue weighted by molar-refractivity contribution is -0.143. The summed E-state index contributed by atoms with van der Waals surface area (Å²) in [5.74, 6) is -2.97. The lowest BCUT2D eigenvalue weighted by atomic mass is 9.92. The van der Waals surface area contributed by atoms with E-state index < -0.39 is 33.8 Å². The number of carboxylic acids is 1. The number of rotatable bonds is 14. The van der Waals surface area contributed by atoms with Gasteiger partial charge in [-0.05, 0) is 42.0 Å². The number of ether oxygens (including phenoxy) is 2. The molecule has 2 fully saturated rings. The van der Waals surface area contributed by atoms with Gasteiger partial charge in [-0.3, -0.25) is 14.6 Å². The highest BCUT2D eigenvalue weighted by atomic mass is 35.5. The zero-order valence-corrected chi connectivity index (χ0v) is 25.6. The lowest BCUT2D eigenvalue weighted by Crippen LogP contribution is -2.48. The maximum Gasteiger partial charge on any atom is 0.309 e. The minimum absolute atomic E-state index is 0.0400. The molecule has 14 heteroatoms. The zero-order chi connectivity index (χ0) is 30.1. The van der Waals surface area contributed by atoms with Crippen molar-refractivity contribution in [3.05, 3.63) is 63.9 Å². The Morgan fingerprint density at radius 2 is 1.57 bits per heavy atom. The van der Waals surface area contributed by atoms with Gasteiger partial charge >= 0.3 is 5.97 Å². The summed E-state index contributed by atoms with van der Waals surface area (Å²) in [7, 11) is -4.18. The van der Waals surface area contributed by atoms with Crippen LogP contribution in [0.1, 0.15) is 11.6 Å². The lowest BCUT2D eigenvalue weighted by Gasteiger charge is -2.34. The molecule has 2 aliphatic rings. The van der Waals surface area contributed by atoms with Crippen LogP contribution in [-0.2, 0) is 24.3 Å². The molecule has 0 saturated carbocycles. The van der Waals surface area contributed by atoms with Crippen LogP contribution in [0.25, 0.3) is 0 Å². The molecule has 2 atom stereocenters. The Morgan fingerprint density at radius 1 is 0.976 bits per heavy atom. The number of hydrogen-bond acceptors (Lipinski definition) is 8. The predicted molar refractivity (Wildman–Crippen MR) is 158 cm³/mol. The Kier molecular flexibility index (Phi) is 12.4. The summed E-state index contributed by atoms with van der Waals surface area (Å²) >= 11 is 12.7. The van der Waals surface area contributed by atoms with Crippen LogP contribution in [0.3, 0.4) is 0 Å². The molecule has 4 rings (SSSR count). The van der Waals surface area contributed by atoms with E-state index in [1.54, 1.807) is 18.2 Å². The van der Waals surface area contributed by atoms with Crippen molar-refractivity contribution in [2.24, 2.45) is 5.92 Å². The Bertz CT molecular complexity index is 1280. The van der Waals surface area contributed by atoms with Crippen LogP contribution in [0.15, 0.2) is 47.4 Å². The van der Waals surface area contributed by atoms with Gasteiger partial charge in [-0.1, -0.05) is 29.3 Å². The molecule has 2 aromatic carbocycles. The number of carbonyl (C=O) groups is 1. The predicted octanol–water partition coefficient (Wildman–Crippen LogP) is 2.82. The smallest absolute Gasteiger partial charge is 0.309 e. The molecule has 10 nitrogen and oxygen atoms in total. The second-order valence-electron chi connectivity index (χ2n) is 10.3. The van der Waals surface area contributed by atoms with Crippen LogP contribution in [0, 0.1) is 11.7 Å². The van der Waals surface area contributed by atoms with E-state index in [4.69, 9.17) is 32.7 Å². The van der Waals surface area contributed by atoms with Crippen molar-refractivity contribution in [2.45, 2.75) is 10.9 Å². The van der Waals surface area contributed by atoms with E-state index in [0.717, 1.165) is 25.2 Å². The number of sulfonamides is 1. The van der Waals surface area contributed by atoms with Crippen molar-refractivity contribution < 1.29 is 32.2 Å². The van der Waals surface area contributed by atoms with E-state index >= 15 is 0 Å². The van der Waals surface area contributed by atoms with E-state index in [-0.39, 0.29) is 23.0 Å². The van der Waals surface area contributed by atoms with Gasteiger partial charge in [0.05, 0.1) is 37.2 Å². The van der Waals surface area contributed by atoms with Crippen molar-refractivity contribution >= 4 is 39.2 Å². The summed E-state index contributed by atoms with van der Waals surface area (Å²) < 4.78 is 53.3. The fourth-order valence-electron chi connectivity index (χ4n) is 5.11. The number of halogens is 3. The molecule has 2 aliphatic heterocycles. The van der Waals surface area contributed by atoms with E-state index in [0.29, 0.717) is 69.7 Å². The zero-order valence-electron chi connectivity index (χ0n) is 23.3. The van der Waals surface area contributed by atoms with Crippen molar-refractivity contribution in [3.63, 3.8) is 0 Å². The van der Waals surface area contributed by atoms with Gasteiger partial charge in [0.15, 0.2) is 0 Å². The maximum atomic E-state index is 13.9. The standard InChI is InChI=1S/C28H37Cl2FN4O6S/c29-21-1-6-24(26(30)19-21)27(32-7-8-33-11-15-40-16-12-33)25(28(36)37)20-35(10-9-34-13-17-41-18-14-34)42(38,39)23-4-2-22(31)3-5-23/h1-6,19,25,27,32H,7-18,20H2,(H,36,37). The fourth-order valence-corrected chi connectivity index (χ4v) is 7.10. The first kappa shape index (κ1) is 33.0. The third kappa shape index (κ3) is 9.07. The van der Waals surface area contributed by atoms with Gasteiger partial charge in [-0.2, -0.15) is 4.31 Å². The molecule has 2 aromatic rings. The summed E-state index contributed by atoms with van der Waals surface area (Å²) in [5, 5.41) is 14.5. The highest BCUT2D eigenvalue weighted by Crippen LogP contribution is 2.32. The number of carboxylic acid groups (broad SMARTS) is 1. The van der Waals surface area contributed by atoms with Gasteiger partial charge in [0, 0.05) is 75.0 Å². The second-order valence-corrected chi connectivity index (χ2v) is 13.0. The summed E-state index contributed by atoms with van der Waals surface area (Å²) in [6.45, 7) is 6.30. The molecular formula is C28H37Cl2FN4O6S. The van der Waals surface area contributed by atoms with E-state index in [1.807, 2.05) is 0 Å². The largest absolute Gasteiger partial charge is 0.481 e. The minimum Gasteiger partial charge on any atom is -0.481 e. The Hall–Kier alpha value is -1.87. The molecule has 0 radical (unpaired) electrons. The molecule has 0 bridgehead atoms. The molecule has 0 amide bonds. The van der Waals surface area contributed by atoms with E-state index in [2.05, 4.69) is 15.1 Å². The SMILES string of the molecule is O=C(O)C(CN(CCN1CCOCC1)S(=O)(=O)c1ccc(F)cc1)C(NCCN1CCOCC1)c1ccc(Cl)cc1Cl. The quantitative estimate of drug-likeness (QED) is 0.320. The van der Waals surface area contributed by atoms with Crippen molar-refractivity contribution in [3.8, 4) is 0 Å². The molecule has 2 saturated heterocycles. The van der Waals surface area contributed by atoms with Crippen molar-refractivity contribution in [1.29, 1.82) is 0 Å². The minimum atomic E-state index is -4.18. The summed E-state index contributed by atoms with van der Waals surface area (Å²) in [6.07, 6.45) is 0. The van der Waals surface area contributed by atoms with Crippen molar-refractivity contribution in [1.82, 2.24) is 19.4 Å². The summed E-state index contributed by atoms with van der Waals surface area (Å²) in [4.78, 5) is 17.0. The van der Waals surface area contributed by atoms with Gasteiger partial charge < -0.3 is 19.9 Å². The summed E-state index contributed by atoms with van der Waals surface area (Å²) in [5.41, 5.74) is 0.503. The Balaban J connectivity index is 1.63. The molecule has 232 valence electrons. The van der Waals surface area contributed by atoms with Crippen LogP contribution < -0.4 is 5.32 Å². The Morgan fingerprint density at radius 3 is 2.14 bits per heavy atom. The van der Waals surface area contributed by atoms with Crippen molar-refractivity contribution in [2.75, 3.05) is 85.3 Å². The highest BCUT2D eigenvalue weighted by Gasteiger charge is 2.36. The molecular weight excluding hydrogens is 610 g/mol. The molecule has 42 heavy (non-hydrogen) atoms. The molecule has 2 unspecified atom stereocenters. The second kappa shape index (κ2) is 15.7. The molecule has 2 N–H and O–H groups in total. The topological polar surface area (TPSA) is 112 Å². The van der Waals surface area contributed by atoms with Gasteiger partial charge in [0.25, 0.3) is 0 Å².